The standard InChI is InChI=1S/C37H66NO2Si/c1-7-22-33(8-2)29-36-31(4)30(3)32(5)37(36)41(6,28-21-27-40-35-25-19-16-20-26-35)38(39)34-23-17-14-12-10-9-11-13-15-18-24-34/h16,19-20,25-26,30-34,36-37H,7-15,17-18,21-24,27-29H2,1-6H3/q+1. The lowest BCUT2D eigenvalue weighted by Gasteiger charge is -2.35. The van der Waals surface area contributed by atoms with E-state index in [1.807, 2.05) is 22.6 Å². The highest BCUT2D eigenvalue weighted by molar-refractivity contribution is 6.72. The van der Waals surface area contributed by atoms with Crippen LogP contribution in [0.3, 0.4) is 0 Å². The van der Waals surface area contributed by atoms with Crippen LogP contribution >= 0.6 is 0 Å². The Morgan fingerprint density at radius 1 is 0.854 bits per heavy atom. The number of hydrogen-bond donors (Lipinski definition) is 0. The van der Waals surface area contributed by atoms with Gasteiger partial charge in [0.1, 0.15) is 5.75 Å². The molecule has 234 valence electrons. The molecule has 2 aliphatic carbocycles. The zero-order valence-electron chi connectivity index (χ0n) is 27.9. The van der Waals surface area contributed by atoms with Gasteiger partial charge >= 0.3 is 8.24 Å². The number of nitrogens with zero attached hydrogens (tertiary/aromatic N) is 1. The van der Waals surface area contributed by atoms with Gasteiger partial charge in [0.25, 0.3) is 0 Å². The molecule has 0 saturated heterocycles. The molecule has 2 fully saturated rings. The SMILES string of the molecule is CCCC(CC)CC1C(C)C(C)C(C)C1[Si](C)(CCCOc1ccccc1)[N+](=O)C1CCCCCCCCCCC1. The molecule has 1 aromatic carbocycles. The third-order valence-electron chi connectivity index (χ3n) is 11.7. The molecule has 41 heavy (non-hydrogen) atoms. The summed E-state index contributed by atoms with van der Waals surface area (Å²) < 4.78 is 8.06. The maximum atomic E-state index is 15.0. The summed E-state index contributed by atoms with van der Waals surface area (Å²) in [6.45, 7) is 15.5. The summed E-state index contributed by atoms with van der Waals surface area (Å²) >= 11 is 0. The van der Waals surface area contributed by atoms with Crippen LogP contribution in [0.25, 0.3) is 0 Å². The number of nitroso groups, excluding NO2 is 1. The predicted octanol–water partition coefficient (Wildman–Crippen LogP) is 11.6. The second-order valence-corrected chi connectivity index (χ2v) is 18.7. The van der Waals surface area contributed by atoms with Crippen LogP contribution < -0.4 is 4.74 Å². The summed E-state index contributed by atoms with van der Waals surface area (Å²) in [5, 5.41) is 0. The van der Waals surface area contributed by atoms with E-state index < -0.39 is 8.24 Å². The summed E-state index contributed by atoms with van der Waals surface area (Å²) in [4.78, 5) is 15.0. The van der Waals surface area contributed by atoms with Gasteiger partial charge in [-0.2, -0.15) is 0 Å². The molecule has 7 atom stereocenters. The number of ether oxygens (including phenoxy) is 1. The predicted molar refractivity (Wildman–Crippen MR) is 179 cm³/mol. The van der Waals surface area contributed by atoms with E-state index in [1.165, 1.54) is 83.5 Å². The maximum absolute atomic E-state index is 15.0. The van der Waals surface area contributed by atoms with Crippen LogP contribution in [0.2, 0.25) is 18.1 Å². The fraction of sp³-hybridized carbons (Fsp3) is 0.838. The van der Waals surface area contributed by atoms with Gasteiger partial charge in [0.05, 0.1) is 6.61 Å². The van der Waals surface area contributed by atoms with Crippen molar-refractivity contribution in [2.75, 3.05) is 6.61 Å². The van der Waals surface area contributed by atoms with E-state index in [-0.39, 0.29) is 6.04 Å². The average molecular weight is 585 g/mol. The van der Waals surface area contributed by atoms with Gasteiger partial charge in [-0.25, -0.2) is 0 Å². The van der Waals surface area contributed by atoms with Crippen LogP contribution in [0.5, 0.6) is 5.75 Å². The average Bonchev–Trinajstić information content (AvgIpc) is 3.19. The van der Waals surface area contributed by atoms with Crippen molar-refractivity contribution >= 4 is 8.24 Å². The van der Waals surface area contributed by atoms with Crippen molar-refractivity contribution in [1.82, 2.24) is 0 Å². The summed E-state index contributed by atoms with van der Waals surface area (Å²) in [5.74, 6) is 4.47. The molecule has 7 unspecified atom stereocenters. The first-order valence-corrected chi connectivity index (χ1v) is 20.7. The quantitative estimate of drug-likeness (QED) is 0.170. The van der Waals surface area contributed by atoms with Gasteiger partial charge in [-0.3, -0.25) is 0 Å². The largest absolute Gasteiger partial charge is 0.494 e. The fourth-order valence-corrected chi connectivity index (χ4v) is 14.5. The summed E-state index contributed by atoms with van der Waals surface area (Å²) in [6.07, 6.45) is 20.4. The molecule has 4 heteroatoms. The van der Waals surface area contributed by atoms with E-state index in [4.69, 9.17) is 4.74 Å². The molecule has 2 aliphatic rings. The first-order chi connectivity index (χ1) is 19.8. The second kappa shape index (κ2) is 17.8. The lowest BCUT2D eigenvalue weighted by atomic mass is 9.82. The maximum Gasteiger partial charge on any atom is 0.415 e. The van der Waals surface area contributed by atoms with Crippen molar-refractivity contribution in [2.45, 2.75) is 162 Å². The van der Waals surface area contributed by atoms with Crippen LogP contribution in [-0.4, -0.2) is 25.3 Å². The van der Waals surface area contributed by atoms with E-state index in [0.29, 0.717) is 29.2 Å². The van der Waals surface area contributed by atoms with Crippen LogP contribution in [0, 0.1) is 34.5 Å². The lowest BCUT2D eigenvalue weighted by molar-refractivity contribution is -0.475. The van der Waals surface area contributed by atoms with Crippen molar-refractivity contribution in [1.29, 1.82) is 0 Å². The van der Waals surface area contributed by atoms with Gasteiger partial charge in [-0.15, -0.1) is 0 Å². The molecule has 2 saturated carbocycles. The molecule has 0 aliphatic heterocycles. The lowest BCUT2D eigenvalue weighted by Crippen LogP contribution is -2.54. The third kappa shape index (κ3) is 9.67. The monoisotopic (exact) mass is 584 g/mol. The Kier molecular flexibility index (Phi) is 14.9. The van der Waals surface area contributed by atoms with Crippen molar-refractivity contribution in [3.05, 3.63) is 35.2 Å². The minimum absolute atomic E-state index is 0.220. The molecule has 0 heterocycles. The molecule has 0 amide bonds. The number of benzene rings is 1. The topological polar surface area (TPSA) is 29.3 Å². The molecule has 0 spiro atoms. The number of para-hydroxylation sites is 1. The number of rotatable bonds is 13. The third-order valence-corrected chi connectivity index (χ3v) is 16.8. The molecular weight excluding hydrogens is 518 g/mol. The van der Waals surface area contributed by atoms with Gasteiger partial charge in [0.15, 0.2) is 6.04 Å². The van der Waals surface area contributed by atoms with E-state index in [0.717, 1.165) is 43.6 Å². The van der Waals surface area contributed by atoms with Crippen LogP contribution in [0.15, 0.2) is 30.3 Å². The highest BCUT2D eigenvalue weighted by Gasteiger charge is 2.63. The van der Waals surface area contributed by atoms with Gasteiger partial charge in [0.2, 0.25) is 0 Å². The van der Waals surface area contributed by atoms with Crippen molar-refractivity contribution in [3.8, 4) is 5.75 Å². The molecule has 0 radical (unpaired) electrons. The first-order valence-electron chi connectivity index (χ1n) is 18.0. The Balaban J connectivity index is 1.87. The minimum atomic E-state index is -2.35. The second-order valence-electron chi connectivity index (χ2n) is 14.4. The van der Waals surface area contributed by atoms with Crippen LogP contribution in [-0.2, 0) is 0 Å². The minimum Gasteiger partial charge on any atom is -0.494 e. The van der Waals surface area contributed by atoms with Crippen molar-refractivity contribution in [3.63, 3.8) is 0 Å². The normalized spacial score (nSPS) is 29.2. The summed E-state index contributed by atoms with van der Waals surface area (Å²) in [5.41, 5.74) is 0.578. The molecular formula is C37H66NO2Si+. The molecule has 0 bridgehead atoms. The van der Waals surface area contributed by atoms with Crippen LogP contribution in [0.1, 0.15) is 137 Å². The van der Waals surface area contributed by atoms with Gasteiger partial charge in [-0.1, -0.05) is 121 Å². The van der Waals surface area contributed by atoms with Crippen molar-refractivity contribution in [2.24, 2.45) is 29.6 Å². The van der Waals surface area contributed by atoms with E-state index >= 15 is 4.91 Å². The Labute approximate surface area is 255 Å². The highest BCUT2D eigenvalue weighted by Crippen LogP contribution is 2.57. The summed E-state index contributed by atoms with van der Waals surface area (Å²) in [7, 11) is -2.35. The number of hydrogen-bond acceptors (Lipinski definition) is 2. The Morgan fingerprint density at radius 3 is 2.00 bits per heavy atom. The zero-order valence-corrected chi connectivity index (χ0v) is 28.9. The highest BCUT2D eigenvalue weighted by atomic mass is 28.3. The summed E-state index contributed by atoms with van der Waals surface area (Å²) in [6, 6.07) is 11.5. The van der Waals surface area contributed by atoms with Crippen LogP contribution in [0.4, 0.5) is 0 Å². The van der Waals surface area contributed by atoms with Crippen molar-refractivity contribution < 1.29 is 9.16 Å². The Bertz CT molecular complexity index is 850. The Morgan fingerprint density at radius 2 is 1.44 bits per heavy atom. The fourth-order valence-electron chi connectivity index (χ4n) is 8.94. The molecule has 3 rings (SSSR count). The molecule has 1 aromatic rings. The smallest absolute Gasteiger partial charge is 0.415 e. The molecule has 0 aromatic heterocycles. The molecule has 3 nitrogen and oxygen atoms in total. The first kappa shape index (κ1) is 34.3. The van der Waals surface area contributed by atoms with Gasteiger partial charge < -0.3 is 4.74 Å². The van der Waals surface area contributed by atoms with Gasteiger partial charge in [-0.05, 0) is 78.9 Å². The zero-order chi connectivity index (χ0) is 29.7. The molecule has 0 N–H and O–H groups in total. The van der Waals surface area contributed by atoms with E-state index in [9.17, 15) is 0 Å². The van der Waals surface area contributed by atoms with Gasteiger partial charge in [0, 0.05) is 24.4 Å². The van der Waals surface area contributed by atoms with E-state index in [2.05, 4.69) is 53.3 Å². The van der Waals surface area contributed by atoms with E-state index in [1.54, 1.807) is 0 Å². The Hall–Kier alpha value is -1.16.